The van der Waals surface area contributed by atoms with E-state index in [0.29, 0.717) is 0 Å². The first-order valence-electron chi connectivity index (χ1n) is 2.12. The quantitative estimate of drug-likeness (QED) is 0.289. The SMILES string of the molecule is CC(C)(C)N.NN. The van der Waals surface area contributed by atoms with Crippen molar-refractivity contribution in [2.24, 2.45) is 17.4 Å². The van der Waals surface area contributed by atoms with Gasteiger partial charge in [0.25, 0.3) is 0 Å². The molecule has 6 N–H and O–H groups in total. The van der Waals surface area contributed by atoms with Gasteiger partial charge in [-0.1, -0.05) is 0 Å². The Kier molecular flexibility index (Phi) is 5.78. The van der Waals surface area contributed by atoms with Gasteiger partial charge in [0.15, 0.2) is 0 Å². The van der Waals surface area contributed by atoms with Crippen LogP contribution in [0.4, 0.5) is 0 Å². The summed E-state index contributed by atoms with van der Waals surface area (Å²) in [5, 5.41) is 0. The second kappa shape index (κ2) is 4.05. The van der Waals surface area contributed by atoms with E-state index in [1.165, 1.54) is 0 Å². The average Bonchev–Trinajstić information content (AvgIpc) is 1.36. The highest BCUT2D eigenvalue weighted by molar-refractivity contribution is 4.60. The van der Waals surface area contributed by atoms with E-state index in [4.69, 9.17) is 5.73 Å². The van der Waals surface area contributed by atoms with E-state index < -0.39 is 0 Å². The fraction of sp³-hybridized carbons (Fsp3) is 1.00. The van der Waals surface area contributed by atoms with Gasteiger partial charge in [0, 0.05) is 5.54 Å². The van der Waals surface area contributed by atoms with Crippen LogP contribution in [0.2, 0.25) is 0 Å². The summed E-state index contributed by atoms with van der Waals surface area (Å²) in [4.78, 5) is 0. The Morgan fingerprint density at radius 2 is 1.00 bits per heavy atom. The molecule has 0 aromatic heterocycles. The lowest BCUT2D eigenvalue weighted by Crippen LogP contribution is -2.26. The van der Waals surface area contributed by atoms with Gasteiger partial charge in [-0.25, -0.2) is 0 Å². The Morgan fingerprint density at radius 1 is 1.00 bits per heavy atom. The van der Waals surface area contributed by atoms with Crippen molar-refractivity contribution in [1.29, 1.82) is 0 Å². The molecule has 3 heteroatoms. The second-order valence-electron chi connectivity index (χ2n) is 2.37. The maximum Gasteiger partial charge on any atom is 0.00686 e. The van der Waals surface area contributed by atoms with Crippen LogP contribution in [-0.2, 0) is 0 Å². The van der Waals surface area contributed by atoms with Gasteiger partial charge in [-0.2, -0.15) is 0 Å². The average molecular weight is 105 g/mol. The van der Waals surface area contributed by atoms with Gasteiger partial charge in [-0.15, -0.1) is 0 Å². The van der Waals surface area contributed by atoms with E-state index >= 15 is 0 Å². The number of hydrogen-bond donors (Lipinski definition) is 3. The van der Waals surface area contributed by atoms with Gasteiger partial charge >= 0.3 is 0 Å². The standard InChI is InChI=1S/C4H11N.H4N2/c1-4(2,3)5;1-2/h5H2,1-3H3;1-2H2. The van der Waals surface area contributed by atoms with Crippen LogP contribution in [-0.4, -0.2) is 5.54 Å². The fourth-order valence-electron chi connectivity index (χ4n) is 0. The number of hydrazine groups is 1. The van der Waals surface area contributed by atoms with Crippen LogP contribution in [0.25, 0.3) is 0 Å². The minimum Gasteiger partial charge on any atom is -0.326 e. The van der Waals surface area contributed by atoms with Crippen molar-refractivity contribution < 1.29 is 0 Å². The summed E-state index contributed by atoms with van der Waals surface area (Å²) in [6, 6.07) is 0. The lowest BCUT2D eigenvalue weighted by molar-refractivity contribution is 0.580. The first kappa shape index (κ1) is 9.99. The first-order chi connectivity index (χ1) is 3.00. The molecular weight excluding hydrogens is 90.1 g/mol. The van der Waals surface area contributed by atoms with Crippen molar-refractivity contribution >= 4 is 0 Å². The molecule has 0 fully saturated rings. The van der Waals surface area contributed by atoms with Crippen molar-refractivity contribution in [2.45, 2.75) is 26.3 Å². The third-order valence-electron chi connectivity index (χ3n) is 0. The highest BCUT2D eigenvalue weighted by atomic mass is 15.0. The third-order valence-corrected chi connectivity index (χ3v) is 0. The van der Waals surface area contributed by atoms with Gasteiger partial charge in [-0.05, 0) is 20.8 Å². The fourth-order valence-corrected chi connectivity index (χ4v) is 0. The maximum atomic E-state index is 5.35. The van der Waals surface area contributed by atoms with E-state index in [-0.39, 0.29) is 5.54 Å². The van der Waals surface area contributed by atoms with Gasteiger partial charge < -0.3 is 5.73 Å². The van der Waals surface area contributed by atoms with Crippen LogP contribution in [0.15, 0.2) is 0 Å². The van der Waals surface area contributed by atoms with Crippen molar-refractivity contribution in [2.75, 3.05) is 0 Å². The molecule has 46 valence electrons. The van der Waals surface area contributed by atoms with Gasteiger partial charge in [0.2, 0.25) is 0 Å². The van der Waals surface area contributed by atoms with E-state index in [0.717, 1.165) is 0 Å². The lowest BCUT2D eigenvalue weighted by Gasteiger charge is -2.06. The molecule has 3 nitrogen and oxygen atoms in total. The summed E-state index contributed by atoms with van der Waals surface area (Å²) < 4.78 is 0. The molecule has 0 aliphatic carbocycles. The Morgan fingerprint density at radius 3 is 1.00 bits per heavy atom. The zero-order chi connectivity index (χ0) is 6.50. The highest BCUT2D eigenvalue weighted by Gasteiger charge is 1.95. The summed E-state index contributed by atoms with van der Waals surface area (Å²) >= 11 is 0. The van der Waals surface area contributed by atoms with Crippen molar-refractivity contribution in [1.82, 2.24) is 0 Å². The van der Waals surface area contributed by atoms with E-state index in [1.807, 2.05) is 20.8 Å². The molecule has 0 unspecified atom stereocenters. The summed E-state index contributed by atoms with van der Waals surface area (Å²) in [5.41, 5.74) is 5.35. The predicted octanol–water partition coefficient (Wildman–Crippen LogP) is -0.438. The molecule has 0 aromatic rings. The molecule has 0 aliphatic rings. The molecule has 0 aliphatic heterocycles. The van der Waals surface area contributed by atoms with Crippen LogP contribution in [0.3, 0.4) is 0 Å². The molecule has 0 saturated heterocycles. The minimum absolute atomic E-state index is 0. The molecule has 0 bridgehead atoms. The van der Waals surface area contributed by atoms with E-state index in [1.54, 1.807) is 0 Å². The molecule has 0 atom stereocenters. The largest absolute Gasteiger partial charge is 0.326 e. The van der Waals surface area contributed by atoms with Crippen LogP contribution in [0.5, 0.6) is 0 Å². The Hall–Kier alpha value is -0.120. The minimum atomic E-state index is 0. The van der Waals surface area contributed by atoms with Crippen molar-refractivity contribution in [3.05, 3.63) is 0 Å². The smallest absolute Gasteiger partial charge is 0.00686 e. The molecule has 0 rings (SSSR count). The summed E-state index contributed by atoms with van der Waals surface area (Å²) in [5.74, 6) is 8.00. The van der Waals surface area contributed by atoms with E-state index in [9.17, 15) is 0 Å². The Balaban J connectivity index is 0. The predicted molar refractivity (Wildman–Crippen MR) is 32.3 cm³/mol. The Labute approximate surface area is 44.8 Å². The maximum absolute atomic E-state index is 5.35. The van der Waals surface area contributed by atoms with Gasteiger partial charge in [0.05, 0.1) is 0 Å². The Bertz CT molecular complexity index is 22.4. The summed E-state index contributed by atoms with van der Waals surface area (Å²) in [7, 11) is 0. The van der Waals surface area contributed by atoms with E-state index in [2.05, 4.69) is 11.7 Å². The molecule has 0 radical (unpaired) electrons. The van der Waals surface area contributed by atoms with Crippen LogP contribution in [0.1, 0.15) is 20.8 Å². The molecule has 7 heavy (non-hydrogen) atoms. The monoisotopic (exact) mass is 105 g/mol. The van der Waals surface area contributed by atoms with Crippen molar-refractivity contribution in [3.63, 3.8) is 0 Å². The van der Waals surface area contributed by atoms with Crippen molar-refractivity contribution in [3.8, 4) is 0 Å². The highest BCUT2D eigenvalue weighted by Crippen LogP contribution is 1.88. The number of rotatable bonds is 0. The van der Waals surface area contributed by atoms with Gasteiger partial charge in [0.1, 0.15) is 0 Å². The first-order valence-corrected chi connectivity index (χ1v) is 2.12. The third kappa shape index (κ3) is 6150. The zero-order valence-corrected chi connectivity index (χ0v) is 5.23. The van der Waals surface area contributed by atoms with Crippen LogP contribution >= 0.6 is 0 Å². The normalized spacial score (nSPS) is 9.43. The molecule has 0 spiro atoms. The topological polar surface area (TPSA) is 78.1 Å². The molecule has 0 heterocycles. The van der Waals surface area contributed by atoms with Crippen LogP contribution < -0.4 is 17.4 Å². The molecule has 0 amide bonds. The molecule has 0 aromatic carbocycles. The molecular formula is C4H15N3. The number of hydrogen-bond acceptors (Lipinski definition) is 3. The summed E-state index contributed by atoms with van der Waals surface area (Å²) in [6.07, 6.45) is 0. The summed E-state index contributed by atoms with van der Waals surface area (Å²) in [6.45, 7) is 5.90. The second-order valence-corrected chi connectivity index (χ2v) is 2.37. The van der Waals surface area contributed by atoms with Gasteiger partial charge in [-0.3, -0.25) is 11.7 Å². The number of nitrogens with two attached hydrogens (primary N) is 3. The van der Waals surface area contributed by atoms with Crippen LogP contribution in [0, 0.1) is 0 Å². The zero-order valence-electron chi connectivity index (χ0n) is 5.23. The lowest BCUT2D eigenvalue weighted by atomic mass is 10.1. The molecule has 0 saturated carbocycles.